The number of rotatable bonds is 9. The van der Waals surface area contributed by atoms with Crippen molar-refractivity contribution in [2.75, 3.05) is 33.0 Å². The molecule has 2 unspecified atom stereocenters. The van der Waals surface area contributed by atoms with Gasteiger partial charge in [-0.3, -0.25) is 0 Å². The average molecular weight is 261 g/mol. The van der Waals surface area contributed by atoms with Crippen LogP contribution in [0.25, 0.3) is 0 Å². The number of ether oxygens (including phenoxy) is 2. The van der Waals surface area contributed by atoms with Gasteiger partial charge in [0.1, 0.15) is 0 Å². The molecule has 1 aliphatic heterocycles. The Morgan fingerprint density at radius 1 is 1.44 bits per heavy atom. The van der Waals surface area contributed by atoms with E-state index in [2.05, 4.69) is 5.32 Å². The summed E-state index contributed by atoms with van der Waals surface area (Å²) in [5.74, 6) is 0.343. The van der Waals surface area contributed by atoms with Crippen LogP contribution in [-0.4, -0.2) is 61.4 Å². The van der Waals surface area contributed by atoms with Crippen LogP contribution in [0.4, 0.5) is 0 Å². The van der Waals surface area contributed by atoms with Gasteiger partial charge >= 0.3 is 0 Å². The molecule has 3 atom stereocenters. The standard InChI is InChI=1S/C13H27NO4/c1-10(2)13(7-15)14-6-11(16)8-17-9-12-4-3-5-18-12/h10-16H,3-9H2,1-2H3/t11?,12?,13-/m1/s1. The molecule has 0 aliphatic carbocycles. The number of aliphatic hydroxyl groups excluding tert-OH is 2. The van der Waals surface area contributed by atoms with E-state index < -0.39 is 6.10 Å². The van der Waals surface area contributed by atoms with Gasteiger partial charge in [-0.05, 0) is 18.8 Å². The van der Waals surface area contributed by atoms with Gasteiger partial charge in [-0.25, -0.2) is 0 Å². The summed E-state index contributed by atoms with van der Waals surface area (Å²) in [5.41, 5.74) is 0. The highest BCUT2D eigenvalue weighted by Crippen LogP contribution is 2.11. The zero-order chi connectivity index (χ0) is 13.4. The van der Waals surface area contributed by atoms with Crippen LogP contribution >= 0.6 is 0 Å². The second-order valence-electron chi connectivity index (χ2n) is 5.27. The Hall–Kier alpha value is -0.200. The van der Waals surface area contributed by atoms with E-state index >= 15 is 0 Å². The monoisotopic (exact) mass is 261 g/mol. The maximum atomic E-state index is 9.74. The fourth-order valence-electron chi connectivity index (χ4n) is 1.97. The van der Waals surface area contributed by atoms with Crippen LogP contribution in [0.3, 0.4) is 0 Å². The molecule has 3 N–H and O–H groups in total. The van der Waals surface area contributed by atoms with Crippen molar-refractivity contribution in [2.24, 2.45) is 5.92 Å². The lowest BCUT2D eigenvalue weighted by molar-refractivity contribution is -0.0176. The third-order valence-electron chi connectivity index (χ3n) is 3.26. The first-order chi connectivity index (χ1) is 8.63. The van der Waals surface area contributed by atoms with Crippen molar-refractivity contribution in [2.45, 2.75) is 44.9 Å². The second kappa shape index (κ2) is 8.82. The summed E-state index contributed by atoms with van der Waals surface area (Å²) in [6.45, 7) is 6.29. The van der Waals surface area contributed by atoms with Crippen molar-refractivity contribution in [1.29, 1.82) is 0 Å². The molecule has 5 nitrogen and oxygen atoms in total. The highest BCUT2D eigenvalue weighted by Gasteiger charge is 2.17. The van der Waals surface area contributed by atoms with E-state index in [1.165, 1.54) is 0 Å². The minimum absolute atomic E-state index is 0.0258. The van der Waals surface area contributed by atoms with Gasteiger partial charge in [0.2, 0.25) is 0 Å². The predicted octanol–water partition coefficient (Wildman–Crippen LogP) is 0.149. The molecule has 108 valence electrons. The van der Waals surface area contributed by atoms with Gasteiger partial charge in [-0.15, -0.1) is 0 Å². The zero-order valence-electron chi connectivity index (χ0n) is 11.5. The molecule has 5 heteroatoms. The van der Waals surface area contributed by atoms with Gasteiger partial charge < -0.3 is 25.0 Å². The molecule has 1 saturated heterocycles. The van der Waals surface area contributed by atoms with E-state index in [9.17, 15) is 5.11 Å². The second-order valence-corrected chi connectivity index (χ2v) is 5.27. The molecule has 0 aromatic carbocycles. The van der Waals surface area contributed by atoms with Crippen LogP contribution in [0, 0.1) is 5.92 Å². The van der Waals surface area contributed by atoms with Crippen LogP contribution < -0.4 is 5.32 Å². The molecule has 1 aliphatic rings. The average Bonchev–Trinajstić information content (AvgIpc) is 2.82. The van der Waals surface area contributed by atoms with Crippen LogP contribution in [0.15, 0.2) is 0 Å². The fourth-order valence-corrected chi connectivity index (χ4v) is 1.97. The van der Waals surface area contributed by atoms with Crippen LogP contribution in [0.5, 0.6) is 0 Å². The molecule has 0 saturated carbocycles. The molecule has 1 rings (SSSR count). The van der Waals surface area contributed by atoms with Crippen molar-refractivity contribution in [3.63, 3.8) is 0 Å². The van der Waals surface area contributed by atoms with Crippen LogP contribution in [0.2, 0.25) is 0 Å². The lowest BCUT2D eigenvalue weighted by Gasteiger charge is -2.22. The van der Waals surface area contributed by atoms with Crippen molar-refractivity contribution >= 4 is 0 Å². The van der Waals surface area contributed by atoms with E-state index in [0.717, 1.165) is 19.4 Å². The first-order valence-corrected chi connectivity index (χ1v) is 6.85. The molecule has 1 fully saturated rings. The molecular formula is C13H27NO4. The summed E-state index contributed by atoms with van der Waals surface area (Å²) < 4.78 is 10.9. The summed E-state index contributed by atoms with van der Waals surface area (Å²) in [6, 6.07) is 0.0258. The van der Waals surface area contributed by atoms with Gasteiger partial charge in [-0.2, -0.15) is 0 Å². The largest absolute Gasteiger partial charge is 0.395 e. The Morgan fingerprint density at radius 3 is 2.78 bits per heavy atom. The SMILES string of the molecule is CC(C)[C@@H](CO)NCC(O)COCC1CCCO1. The van der Waals surface area contributed by atoms with Crippen LogP contribution in [0.1, 0.15) is 26.7 Å². The lowest BCUT2D eigenvalue weighted by Crippen LogP contribution is -2.42. The third kappa shape index (κ3) is 6.11. The van der Waals surface area contributed by atoms with Gasteiger partial charge in [0.05, 0.1) is 32.0 Å². The Bertz CT molecular complexity index is 207. The van der Waals surface area contributed by atoms with E-state index in [1.807, 2.05) is 13.8 Å². The third-order valence-corrected chi connectivity index (χ3v) is 3.26. The smallest absolute Gasteiger partial charge is 0.0897 e. The first kappa shape index (κ1) is 15.9. The summed E-state index contributed by atoms with van der Waals surface area (Å²) in [6.07, 6.45) is 1.81. The molecule has 0 aromatic heterocycles. The van der Waals surface area contributed by atoms with E-state index in [4.69, 9.17) is 14.6 Å². The number of nitrogens with one attached hydrogen (secondary N) is 1. The van der Waals surface area contributed by atoms with E-state index in [-0.39, 0.29) is 18.8 Å². The Morgan fingerprint density at radius 2 is 2.22 bits per heavy atom. The first-order valence-electron chi connectivity index (χ1n) is 6.85. The quantitative estimate of drug-likeness (QED) is 0.551. The van der Waals surface area contributed by atoms with Crippen molar-refractivity contribution in [3.05, 3.63) is 0 Å². The minimum Gasteiger partial charge on any atom is -0.395 e. The predicted molar refractivity (Wildman–Crippen MR) is 69.5 cm³/mol. The lowest BCUT2D eigenvalue weighted by atomic mass is 10.1. The number of aliphatic hydroxyl groups is 2. The van der Waals surface area contributed by atoms with E-state index in [0.29, 0.717) is 25.7 Å². The maximum absolute atomic E-state index is 9.74. The van der Waals surface area contributed by atoms with Gasteiger partial charge in [0, 0.05) is 19.2 Å². The molecule has 0 aromatic rings. The summed E-state index contributed by atoms with van der Waals surface area (Å²) >= 11 is 0. The van der Waals surface area contributed by atoms with Gasteiger partial charge in [-0.1, -0.05) is 13.8 Å². The molecule has 0 spiro atoms. The van der Waals surface area contributed by atoms with Crippen LogP contribution in [-0.2, 0) is 9.47 Å². The zero-order valence-corrected chi connectivity index (χ0v) is 11.5. The topological polar surface area (TPSA) is 71.0 Å². The van der Waals surface area contributed by atoms with Crippen molar-refractivity contribution < 1.29 is 19.7 Å². The molecule has 0 radical (unpaired) electrons. The number of hydrogen-bond acceptors (Lipinski definition) is 5. The molecule has 0 bridgehead atoms. The maximum Gasteiger partial charge on any atom is 0.0897 e. The molecular weight excluding hydrogens is 234 g/mol. The molecule has 1 heterocycles. The highest BCUT2D eigenvalue weighted by molar-refractivity contribution is 4.71. The van der Waals surface area contributed by atoms with Gasteiger partial charge in [0.15, 0.2) is 0 Å². The Balaban J connectivity index is 2.03. The minimum atomic E-state index is -0.542. The Kier molecular flexibility index (Phi) is 7.77. The van der Waals surface area contributed by atoms with Crippen molar-refractivity contribution in [1.82, 2.24) is 5.32 Å². The summed E-state index contributed by atoms with van der Waals surface area (Å²) in [4.78, 5) is 0. The summed E-state index contributed by atoms with van der Waals surface area (Å²) in [5, 5.41) is 22.0. The fraction of sp³-hybridized carbons (Fsp3) is 1.00. The molecule has 18 heavy (non-hydrogen) atoms. The highest BCUT2D eigenvalue weighted by atomic mass is 16.5. The van der Waals surface area contributed by atoms with Gasteiger partial charge in [0.25, 0.3) is 0 Å². The molecule has 0 amide bonds. The normalized spacial score (nSPS) is 23.5. The van der Waals surface area contributed by atoms with E-state index in [1.54, 1.807) is 0 Å². The van der Waals surface area contributed by atoms with Crippen molar-refractivity contribution in [3.8, 4) is 0 Å². The Labute approximate surface area is 109 Å². The summed E-state index contributed by atoms with van der Waals surface area (Å²) in [7, 11) is 0. The number of hydrogen-bond donors (Lipinski definition) is 3.